The third-order valence-corrected chi connectivity index (χ3v) is 3.92. The van der Waals surface area contributed by atoms with Gasteiger partial charge in [0.2, 0.25) is 0 Å². The Morgan fingerprint density at radius 2 is 2.00 bits per heavy atom. The molecule has 1 unspecified atom stereocenters. The zero-order valence-corrected chi connectivity index (χ0v) is 12.7. The molecule has 0 N–H and O–H groups in total. The molecule has 1 saturated heterocycles. The van der Waals surface area contributed by atoms with Crippen LogP contribution in [-0.4, -0.2) is 33.0 Å². The predicted octanol–water partition coefficient (Wildman–Crippen LogP) is 2.45. The Labute approximate surface area is 134 Å². The third kappa shape index (κ3) is 3.18. The molecule has 0 spiro atoms. The lowest BCUT2D eigenvalue weighted by atomic mass is 10.2. The van der Waals surface area contributed by atoms with Crippen molar-refractivity contribution in [2.75, 3.05) is 13.2 Å². The number of nitrogens with zero attached hydrogens (tertiary/aromatic N) is 4. The predicted molar refractivity (Wildman–Crippen MR) is 83.4 cm³/mol. The highest BCUT2D eigenvalue weighted by Crippen LogP contribution is 2.27. The van der Waals surface area contributed by atoms with Gasteiger partial charge in [-0.05, 0) is 17.7 Å². The van der Waals surface area contributed by atoms with Crippen LogP contribution in [0.5, 0.6) is 0 Å². The standard InChI is InChI=1S/C17H18N4O2/c1-2-5-14(6-3-1)11-21-13-16(18-19-21)17-20(8-10-23-17)12-15-7-4-9-22-15/h1-7,9,13,17H,8,10-12H2. The van der Waals surface area contributed by atoms with Crippen LogP contribution in [-0.2, 0) is 17.8 Å². The minimum atomic E-state index is -0.162. The maximum Gasteiger partial charge on any atom is 0.157 e. The van der Waals surface area contributed by atoms with Gasteiger partial charge in [-0.1, -0.05) is 35.5 Å². The molecule has 0 saturated carbocycles. The average molecular weight is 310 g/mol. The molecule has 2 aromatic heterocycles. The fourth-order valence-corrected chi connectivity index (χ4v) is 2.82. The normalized spacial score (nSPS) is 18.5. The first-order chi connectivity index (χ1) is 11.4. The van der Waals surface area contributed by atoms with Gasteiger partial charge in [-0.15, -0.1) is 5.10 Å². The van der Waals surface area contributed by atoms with Gasteiger partial charge in [0.1, 0.15) is 11.5 Å². The van der Waals surface area contributed by atoms with Gasteiger partial charge in [0.25, 0.3) is 0 Å². The molecule has 0 radical (unpaired) electrons. The van der Waals surface area contributed by atoms with Crippen molar-refractivity contribution >= 4 is 0 Å². The van der Waals surface area contributed by atoms with Crippen molar-refractivity contribution < 1.29 is 9.15 Å². The molecule has 23 heavy (non-hydrogen) atoms. The summed E-state index contributed by atoms with van der Waals surface area (Å²) < 4.78 is 13.1. The van der Waals surface area contributed by atoms with Gasteiger partial charge in [0.05, 0.1) is 32.2 Å². The smallest absolute Gasteiger partial charge is 0.157 e. The number of rotatable bonds is 5. The first-order valence-corrected chi connectivity index (χ1v) is 7.70. The molecular weight excluding hydrogens is 292 g/mol. The van der Waals surface area contributed by atoms with E-state index >= 15 is 0 Å². The van der Waals surface area contributed by atoms with Gasteiger partial charge in [0, 0.05) is 6.54 Å². The Morgan fingerprint density at radius 3 is 2.83 bits per heavy atom. The van der Waals surface area contributed by atoms with E-state index in [1.54, 1.807) is 6.26 Å². The van der Waals surface area contributed by atoms with Crippen molar-refractivity contribution in [3.63, 3.8) is 0 Å². The number of hydrogen-bond acceptors (Lipinski definition) is 5. The van der Waals surface area contributed by atoms with Gasteiger partial charge in [-0.3, -0.25) is 4.90 Å². The fraction of sp³-hybridized carbons (Fsp3) is 0.294. The molecule has 1 aliphatic heterocycles. The Hall–Kier alpha value is -2.44. The molecule has 1 aromatic carbocycles. The van der Waals surface area contributed by atoms with Crippen LogP contribution < -0.4 is 0 Å². The van der Waals surface area contributed by atoms with Crippen molar-refractivity contribution in [1.82, 2.24) is 19.9 Å². The Kier molecular flexibility index (Phi) is 3.92. The average Bonchev–Trinajstić information content (AvgIpc) is 3.30. The van der Waals surface area contributed by atoms with Crippen LogP contribution in [0.4, 0.5) is 0 Å². The van der Waals surface area contributed by atoms with Crippen LogP contribution in [0.1, 0.15) is 23.2 Å². The lowest BCUT2D eigenvalue weighted by molar-refractivity contribution is 0.0223. The zero-order valence-electron chi connectivity index (χ0n) is 12.7. The molecule has 1 atom stereocenters. The minimum absolute atomic E-state index is 0.162. The highest BCUT2D eigenvalue weighted by atomic mass is 16.5. The number of hydrogen-bond donors (Lipinski definition) is 0. The van der Waals surface area contributed by atoms with Gasteiger partial charge in [0.15, 0.2) is 6.23 Å². The molecule has 4 rings (SSSR count). The van der Waals surface area contributed by atoms with Crippen LogP contribution in [0, 0.1) is 0 Å². The van der Waals surface area contributed by atoms with Gasteiger partial charge in [-0.25, -0.2) is 4.68 Å². The van der Waals surface area contributed by atoms with E-state index in [-0.39, 0.29) is 6.23 Å². The lowest BCUT2D eigenvalue weighted by Gasteiger charge is -2.19. The summed E-state index contributed by atoms with van der Waals surface area (Å²) in [7, 11) is 0. The number of aromatic nitrogens is 3. The first-order valence-electron chi connectivity index (χ1n) is 7.70. The number of benzene rings is 1. The summed E-state index contributed by atoms with van der Waals surface area (Å²) in [5, 5.41) is 8.51. The highest BCUT2D eigenvalue weighted by molar-refractivity contribution is 5.15. The molecule has 0 amide bonds. The second-order valence-electron chi connectivity index (χ2n) is 5.60. The van der Waals surface area contributed by atoms with Crippen molar-refractivity contribution in [2.24, 2.45) is 0 Å². The van der Waals surface area contributed by atoms with E-state index in [0.29, 0.717) is 19.7 Å². The fourth-order valence-electron chi connectivity index (χ4n) is 2.82. The van der Waals surface area contributed by atoms with Crippen LogP contribution in [0.2, 0.25) is 0 Å². The molecule has 118 valence electrons. The van der Waals surface area contributed by atoms with Crippen LogP contribution in [0.15, 0.2) is 59.3 Å². The van der Waals surface area contributed by atoms with Crippen molar-refractivity contribution in [2.45, 2.75) is 19.3 Å². The molecular formula is C17H18N4O2. The monoisotopic (exact) mass is 310 g/mol. The van der Waals surface area contributed by atoms with Crippen LogP contribution in [0.3, 0.4) is 0 Å². The van der Waals surface area contributed by atoms with E-state index < -0.39 is 0 Å². The summed E-state index contributed by atoms with van der Waals surface area (Å²) in [5.74, 6) is 0.928. The topological polar surface area (TPSA) is 56.3 Å². The third-order valence-electron chi connectivity index (χ3n) is 3.92. The van der Waals surface area contributed by atoms with E-state index in [1.807, 2.05) is 41.2 Å². The Morgan fingerprint density at radius 1 is 1.09 bits per heavy atom. The summed E-state index contributed by atoms with van der Waals surface area (Å²) in [5.41, 5.74) is 2.04. The summed E-state index contributed by atoms with van der Waals surface area (Å²) in [4.78, 5) is 2.20. The Bertz CT molecular complexity index is 739. The largest absolute Gasteiger partial charge is 0.468 e. The summed E-state index contributed by atoms with van der Waals surface area (Å²) in [6.45, 7) is 2.97. The molecule has 3 aromatic rings. The van der Waals surface area contributed by atoms with E-state index in [9.17, 15) is 0 Å². The lowest BCUT2D eigenvalue weighted by Crippen LogP contribution is -2.23. The molecule has 0 aliphatic carbocycles. The van der Waals surface area contributed by atoms with E-state index in [1.165, 1.54) is 5.56 Å². The summed E-state index contributed by atoms with van der Waals surface area (Å²) in [6, 6.07) is 14.1. The number of furan rings is 1. The first kappa shape index (κ1) is 14.2. The second-order valence-corrected chi connectivity index (χ2v) is 5.60. The van der Waals surface area contributed by atoms with Crippen molar-refractivity contribution in [3.8, 4) is 0 Å². The SMILES string of the molecule is c1ccc(Cn2cc(C3OCCN3Cc3ccco3)nn2)cc1. The van der Waals surface area contributed by atoms with Gasteiger partial charge < -0.3 is 9.15 Å². The van der Waals surface area contributed by atoms with Crippen LogP contribution >= 0.6 is 0 Å². The molecule has 1 fully saturated rings. The quantitative estimate of drug-likeness (QED) is 0.724. The molecule has 6 nitrogen and oxygen atoms in total. The minimum Gasteiger partial charge on any atom is -0.468 e. The van der Waals surface area contributed by atoms with Gasteiger partial charge in [-0.2, -0.15) is 0 Å². The molecule has 0 bridgehead atoms. The zero-order chi connectivity index (χ0) is 15.5. The summed E-state index contributed by atoms with van der Waals surface area (Å²) >= 11 is 0. The molecule has 1 aliphatic rings. The Balaban J connectivity index is 1.47. The maximum atomic E-state index is 5.83. The summed E-state index contributed by atoms with van der Waals surface area (Å²) in [6.07, 6.45) is 3.49. The van der Waals surface area contributed by atoms with Crippen LogP contribution in [0.25, 0.3) is 0 Å². The van der Waals surface area contributed by atoms with Gasteiger partial charge >= 0.3 is 0 Å². The van der Waals surface area contributed by atoms with E-state index in [2.05, 4.69) is 27.3 Å². The maximum absolute atomic E-state index is 5.83. The van der Waals surface area contributed by atoms with E-state index in [4.69, 9.17) is 9.15 Å². The van der Waals surface area contributed by atoms with Crippen molar-refractivity contribution in [3.05, 3.63) is 71.9 Å². The number of ether oxygens (including phenoxy) is 1. The van der Waals surface area contributed by atoms with E-state index in [0.717, 1.165) is 18.0 Å². The highest BCUT2D eigenvalue weighted by Gasteiger charge is 2.29. The second kappa shape index (κ2) is 6.36. The molecule has 3 heterocycles. The van der Waals surface area contributed by atoms with Crippen molar-refractivity contribution in [1.29, 1.82) is 0 Å². The molecule has 6 heteroatoms.